The van der Waals surface area contributed by atoms with Crippen LogP contribution >= 0.6 is 0 Å². The lowest BCUT2D eigenvalue weighted by Crippen LogP contribution is -2.33. The number of rotatable bonds is 1. The molecule has 0 spiro atoms. The van der Waals surface area contributed by atoms with Crippen molar-refractivity contribution in [2.45, 2.75) is 27.1 Å². The standard InChI is InChI=1S/C13H18O2/c1-10-6-4-5-7-11(10)12-14-8-13(2,3)9-15-12/h4-7,12H,8-9H2,1-3H3. The first-order chi connectivity index (χ1) is 7.08. The van der Waals surface area contributed by atoms with Crippen LogP contribution in [-0.2, 0) is 9.47 Å². The fraction of sp³-hybridized carbons (Fsp3) is 0.538. The van der Waals surface area contributed by atoms with Crippen LogP contribution in [0.25, 0.3) is 0 Å². The maximum Gasteiger partial charge on any atom is 0.184 e. The van der Waals surface area contributed by atoms with E-state index in [9.17, 15) is 0 Å². The summed E-state index contributed by atoms with van der Waals surface area (Å²) in [4.78, 5) is 0. The molecular weight excluding hydrogens is 188 g/mol. The zero-order chi connectivity index (χ0) is 10.9. The highest BCUT2D eigenvalue weighted by molar-refractivity contribution is 5.26. The lowest BCUT2D eigenvalue weighted by atomic mass is 9.95. The van der Waals surface area contributed by atoms with Gasteiger partial charge in [0.1, 0.15) is 0 Å². The highest BCUT2D eigenvalue weighted by Gasteiger charge is 2.29. The van der Waals surface area contributed by atoms with Crippen molar-refractivity contribution >= 4 is 0 Å². The van der Waals surface area contributed by atoms with Crippen molar-refractivity contribution < 1.29 is 9.47 Å². The molecule has 82 valence electrons. The van der Waals surface area contributed by atoms with Crippen molar-refractivity contribution in [1.29, 1.82) is 0 Å². The van der Waals surface area contributed by atoms with Gasteiger partial charge in [0.2, 0.25) is 0 Å². The fourth-order valence-corrected chi connectivity index (χ4v) is 1.72. The predicted molar refractivity (Wildman–Crippen MR) is 59.6 cm³/mol. The van der Waals surface area contributed by atoms with Crippen molar-refractivity contribution in [2.75, 3.05) is 13.2 Å². The summed E-state index contributed by atoms with van der Waals surface area (Å²) in [6.45, 7) is 7.90. The normalized spacial score (nSPS) is 21.5. The van der Waals surface area contributed by atoms with Gasteiger partial charge in [-0.2, -0.15) is 0 Å². The average Bonchev–Trinajstić information content (AvgIpc) is 2.19. The molecule has 0 bridgehead atoms. The number of aryl methyl sites for hydroxylation is 1. The van der Waals surface area contributed by atoms with Crippen molar-refractivity contribution in [3.05, 3.63) is 35.4 Å². The Hall–Kier alpha value is -0.860. The summed E-state index contributed by atoms with van der Waals surface area (Å²) in [5.41, 5.74) is 2.51. The lowest BCUT2D eigenvalue weighted by Gasteiger charge is -2.35. The summed E-state index contributed by atoms with van der Waals surface area (Å²) in [6.07, 6.45) is -0.181. The van der Waals surface area contributed by atoms with E-state index in [0.717, 1.165) is 18.8 Å². The molecule has 0 unspecified atom stereocenters. The van der Waals surface area contributed by atoms with Gasteiger partial charge in [0.25, 0.3) is 0 Å². The summed E-state index contributed by atoms with van der Waals surface area (Å²) in [7, 11) is 0. The molecule has 1 heterocycles. The maximum atomic E-state index is 5.74. The Kier molecular flexibility index (Phi) is 2.81. The minimum absolute atomic E-state index is 0.138. The van der Waals surface area contributed by atoms with Gasteiger partial charge in [-0.3, -0.25) is 0 Å². The Labute approximate surface area is 91.2 Å². The molecule has 2 heteroatoms. The van der Waals surface area contributed by atoms with Crippen LogP contribution in [0.4, 0.5) is 0 Å². The van der Waals surface area contributed by atoms with E-state index in [4.69, 9.17) is 9.47 Å². The fourth-order valence-electron chi connectivity index (χ4n) is 1.72. The molecule has 0 aromatic heterocycles. The first-order valence-corrected chi connectivity index (χ1v) is 5.37. The van der Waals surface area contributed by atoms with Gasteiger partial charge in [-0.25, -0.2) is 0 Å². The monoisotopic (exact) mass is 206 g/mol. The summed E-state index contributed by atoms with van der Waals surface area (Å²) >= 11 is 0. The third-order valence-electron chi connectivity index (χ3n) is 2.69. The van der Waals surface area contributed by atoms with Crippen LogP contribution in [0.5, 0.6) is 0 Å². The van der Waals surface area contributed by atoms with Crippen molar-refractivity contribution in [2.24, 2.45) is 5.41 Å². The Bertz CT molecular complexity index is 334. The molecular formula is C13H18O2. The van der Waals surface area contributed by atoms with E-state index in [1.54, 1.807) is 0 Å². The van der Waals surface area contributed by atoms with E-state index in [1.807, 2.05) is 12.1 Å². The largest absolute Gasteiger partial charge is 0.348 e. The minimum Gasteiger partial charge on any atom is -0.348 e. The quantitative estimate of drug-likeness (QED) is 0.703. The molecule has 15 heavy (non-hydrogen) atoms. The number of benzene rings is 1. The Morgan fingerprint density at radius 3 is 2.33 bits per heavy atom. The third kappa shape index (κ3) is 2.39. The summed E-state index contributed by atoms with van der Waals surface area (Å²) in [5, 5.41) is 0. The van der Waals surface area contributed by atoms with Crippen LogP contribution in [0.2, 0.25) is 0 Å². The van der Waals surface area contributed by atoms with E-state index in [-0.39, 0.29) is 11.7 Å². The summed E-state index contributed by atoms with van der Waals surface area (Å²) < 4.78 is 11.5. The van der Waals surface area contributed by atoms with E-state index in [1.165, 1.54) is 5.56 Å². The number of hydrogen-bond donors (Lipinski definition) is 0. The highest BCUT2D eigenvalue weighted by Crippen LogP contribution is 2.32. The molecule has 1 aromatic rings. The summed E-state index contributed by atoms with van der Waals surface area (Å²) in [6, 6.07) is 8.21. The van der Waals surface area contributed by atoms with Gasteiger partial charge in [-0.05, 0) is 12.5 Å². The number of hydrogen-bond acceptors (Lipinski definition) is 2. The van der Waals surface area contributed by atoms with Gasteiger partial charge in [0.15, 0.2) is 6.29 Å². The molecule has 1 fully saturated rings. The maximum absolute atomic E-state index is 5.74. The van der Waals surface area contributed by atoms with Crippen LogP contribution in [-0.4, -0.2) is 13.2 Å². The first-order valence-electron chi connectivity index (χ1n) is 5.37. The molecule has 1 aliphatic heterocycles. The van der Waals surface area contributed by atoms with Gasteiger partial charge in [-0.15, -0.1) is 0 Å². The second-order valence-corrected chi connectivity index (χ2v) is 4.97. The highest BCUT2D eigenvalue weighted by atomic mass is 16.7. The van der Waals surface area contributed by atoms with Crippen LogP contribution in [0.3, 0.4) is 0 Å². The van der Waals surface area contributed by atoms with Crippen molar-refractivity contribution in [3.8, 4) is 0 Å². The Balaban J connectivity index is 2.11. The molecule has 0 amide bonds. The van der Waals surface area contributed by atoms with Crippen LogP contribution in [0.1, 0.15) is 31.3 Å². The van der Waals surface area contributed by atoms with Crippen LogP contribution in [0, 0.1) is 12.3 Å². The third-order valence-corrected chi connectivity index (χ3v) is 2.69. The minimum atomic E-state index is -0.181. The zero-order valence-corrected chi connectivity index (χ0v) is 9.62. The summed E-state index contributed by atoms with van der Waals surface area (Å²) in [5.74, 6) is 0. The molecule has 2 nitrogen and oxygen atoms in total. The molecule has 0 aliphatic carbocycles. The van der Waals surface area contributed by atoms with Gasteiger partial charge >= 0.3 is 0 Å². The molecule has 2 rings (SSSR count). The molecule has 1 aromatic carbocycles. The lowest BCUT2D eigenvalue weighted by molar-refractivity contribution is -0.226. The van der Waals surface area contributed by atoms with Crippen LogP contribution < -0.4 is 0 Å². The van der Waals surface area contributed by atoms with E-state index >= 15 is 0 Å². The van der Waals surface area contributed by atoms with Crippen LogP contribution in [0.15, 0.2) is 24.3 Å². The molecule has 0 radical (unpaired) electrons. The second kappa shape index (κ2) is 3.95. The first kappa shape index (κ1) is 10.7. The van der Waals surface area contributed by atoms with E-state index < -0.39 is 0 Å². The SMILES string of the molecule is Cc1ccccc1C1OCC(C)(C)CO1. The molecule has 1 saturated heterocycles. The Morgan fingerprint density at radius 2 is 1.73 bits per heavy atom. The molecule has 0 atom stereocenters. The number of ether oxygens (including phenoxy) is 2. The molecule has 0 N–H and O–H groups in total. The van der Waals surface area contributed by atoms with Gasteiger partial charge in [0, 0.05) is 11.0 Å². The van der Waals surface area contributed by atoms with Crippen molar-refractivity contribution in [3.63, 3.8) is 0 Å². The molecule has 1 aliphatic rings. The Morgan fingerprint density at radius 1 is 1.13 bits per heavy atom. The van der Waals surface area contributed by atoms with E-state index in [0.29, 0.717) is 0 Å². The van der Waals surface area contributed by atoms with E-state index in [2.05, 4.69) is 32.9 Å². The second-order valence-electron chi connectivity index (χ2n) is 4.97. The topological polar surface area (TPSA) is 18.5 Å². The molecule has 0 saturated carbocycles. The zero-order valence-electron chi connectivity index (χ0n) is 9.62. The predicted octanol–water partition coefficient (Wildman–Crippen LogP) is 3.07. The van der Waals surface area contributed by atoms with Crippen molar-refractivity contribution in [1.82, 2.24) is 0 Å². The smallest absolute Gasteiger partial charge is 0.184 e. The van der Waals surface area contributed by atoms with Gasteiger partial charge in [0.05, 0.1) is 13.2 Å². The van der Waals surface area contributed by atoms with Gasteiger partial charge < -0.3 is 9.47 Å². The average molecular weight is 206 g/mol. The van der Waals surface area contributed by atoms with Gasteiger partial charge in [-0.1, -0.05) is 38.1 Å².